The average Bonchev–Trinajstić information content (AvgIpc) is 2.95. The lowest BCUT2D eigenvalue weighted by Gasteiger charge is -2.07. The first kappa shape index (κ1) is 16.0. The van der Waals surface area contributed by atoms with Gasteiger partial charge in [0.2, 0.25) is 11.8 Å². The second-order valence-corrected chi connectivity index (χ2v) is 6.01. The van der Waals surface area contributed by atoms with Crippen LogP contribution < -0.4 is 5.73 Å². The third kappa shape index (κ3) is 4.29. The molecule has 1 aromatic heterocycles. The number of hydrogen-bond acceptors (Lipinski definition) is 7. The lowest BCUT2D eigenvalue weighted by Crippen LogP contribution is -2.33. The molecule has 0 saturated heterocycles. The minimum absolute atomic E-state index is 0.429. The van der Waals surface area contributed by atoms with Gasteiger partial charge in [-0.2, -0.15) is 0 Å². The highest BCUT2D eigenvalue weighted by molar-refractivity contribution is 9.10. The van der Waals surface area contributed by atoms with Gasteiger partial charge in [-0.25, -0.2) is 0 Å². The van der Waals surface area contributed by atoms with E-state index in [0.717, 1.165) is 10.0 Å². The lowest BCUT2D eigenvalue weighted by atomic mass is 10.2. The van der Waals surface area contributed by atoms with E-state index >= 15 is 0 Å². The Hall–Kier alpha value is -1.38. The molecule has 0 spiro atoms. The molecule has 2 rings (SSSR count). The highest BCUT2D eigenvalue weighted by Gasteiger charge is 2.15. The molecule has 0 radical (unpaired) electrons. The molecule has 0 aliphatic rings. The Balaban J connectivity index is 1.92. The van der Waals surface area contributed by atoms with Gasteiger partial charge in [0.15, 0.2) is 0 Å². The summed E-state index contributed by atoms with van der Waals surface area (Å²) < 4.78 is 11.0. The number of thioether (sulfide) groups is 1. The number of benzene rings is 1. The third-order valence-corrected chi connectivity index (χ3v) is 4.34. The van der Waals surface area contributed by atoms with Crippen LogP contribution in [0.1, 0.15) is 5.89 Å². The molecule has 2 aromatic rings. The quantitative estimate of drug-likeness (QED) is 0.778. The number of nitrogens with two attached hydrogens (primary N) is 1. The van der Waals surface area contributed by atoms with E-state index in [9.17, 15) is 4.79 Å². The van der Waals surface area contributed by atoms with Crippen LogP contribution in [-0.2, 0) is 15.3 Å². The fourth-order valence-corrected chi connectivity index (χ4v) is 2.80. The number of aromatic nitrogens is 2. The molecule has 1 aromatic carbocycles. The van der Waals surface area contributed by atoms with Crippen molar-refractivity contribution < 1.29 is 13.9 Å². The molecule has 0 fully saturated rings. The number of halogens is 1. The number of carbonyl (C=O) groups excluding carboxylic acids is 1. The number of methoxy groups -OCH3 is 1. The smallest absolute Gasteiger partial charge is 0.323 e. The second-order valence-electron chi connectivity index (χ2n) is 4.13. The molecule has 2 N–H and O–H groups in total. The van der Waals surface area contributed by atoms with E-state index in [1.165, 1.54) is 18.9 Å². The predicted octanol–water partition coefficient (Wildman–Crippen LogP) is 2.23. The second kappa shape index (κ2) is 7.58. The molecular formula is C13H14BrN3O3S. The van der Waals surface area contributed by atoms with Gasteiger partial charge in [-0.1, -0.05) is 12.1 Å². The number of ether oxygens (including phenoxy) is 1. The van der Waals surface area contributed by atoms with Gasteiger partial charge in [-0.05, 0) is 28.1 Å². The van der Waals surface area contributed by atoms with Crippen LogP contribution in [0.15, 0.2) is 33.2 Å². The largest absolute Gasteiger partial charge is 0.468 e. The topological polar surface area (TPSA) is 91.2 Å². The summed E-state index contributed by atoms with van der Waals surface area (Å²) in [5.74, 6) is 1.43. The molecule has 0 bridgehead atoms. The first-order valence-electron chi connectivity index (χ1n) is 6.10. The van der Waals surface area contributed by atoms with Crippen LogP contribution in [0.5, 0.6) is 0 Å². The molecular weight excluding hydrogens is 358 g/mol. The standard InChI is InChI=1S/C13H14BrN3O3S/c1-19-13(18)10(15)6-21-7-11-16-17-12(20-11)8-4-2-3-5-9(8)14/h2-5,10H,6-7,15H2,1H3. The van der Waals surface area contributed by atoms with E-state index in [0.29, 0.717) is 23.3 Å². The van der Waals surface area contributed by atoms with Crippen LogP contribution in [0.25, 0.3) is 11.5 Å². The number of rotatable bonds is 6. The predicted molar refractivity (Wildman–Crippen MR) is 83.6 cm³/mol. The maximum Gasteiger partial charge on any atom is 0.323 e. The maximum absolute atomic E-state index is 11.2. The van der Waals surface area contributed by atoms with Gasteiger partial charge in [0.05, 0.1) is 18.4 Å². The van der Waals surface area contributed by atoms with Crippen molar-refractivity contribution in [1.82, 2.24) is 10.2 Å². The Morgan fingerprint density at radius 2 is 2.24 bits per heavy atom. The molecule has 21 heavy (non-hydrogen) atoms. The van der Waals surface area contributed by atoms with Crippen molar-refractivity contribution >= 4 is 33.7 Å². The highest BCUT2D eigenvalue weighted by Crippen LogP contribution is 2.27. The fourth-order valence-electron chi connectivity index (χ4n) is 1.55. The van der Waals surface area contributed by atoms with Crippen molar-refractivity contribution in [2.45, 2.75) is 11.8 Å². The van der Waals surface area contributed by atoms with Crippen LogP contribution in [0.3, 0.4) is 0 Å². The molecule has 0 aliphatic heterocycles. The van der Waals surface area contributed by atoms with Gasteiger partial charge in [-0.3, -0.25) is 4.79 Å². The summed E-state index contributed by atoms with van der Waals surface area (Å²) in [4.78, 5) is 11.2. The molecule has 1 atom stereocenters. The number of hydrogen-bond donors (Lipinski definition) is 1. The van der Waals surface area contributed by atoms with Gasteiger partial charge in [0.1, 0.15) is 6.04 Å². The normalized spacial score (nSPS) is 12.1. The third-order valence-electron chi connectivity index (χ3n) is 2.60. The van der Waals surface area contributed by atoms with E-state index in [4.69, 9.17) is 10.2 Å². The summed E-state index contributed by atoms with van der Waals surface area (Å²) in [7, 11) is 1.31. The Labute approximate surface area is 134 Å². The minimum Gasteiger partial charge on any atom is -0.468 e. The zero-order valence-corrected chi connectivity index (χ0v) is 13.7. The lowest BCUT2D eigenvalue weighted by molar-refractivity contribution is -0.141. The monoisotopic (exact) mass is 371 g/mol. The average molecular weight is 372 g/mol. The van der Waals surface area contributed by atoms with Crippen molar-refractivity contribution in [2.75, 3.05) is 12.9 Å². The maximum atomic E-state index is 11.2. The summed E-state index contributed by atoms with van der Waals surface area (Å²) in [6.07, 6.45) is 0. The molecule has 8 heteroatoms. The summed E-state index contributed by atoms with van der Waals surface area (Å²) in [5, 5.41) is 7.99. The Morgan fingerprint density at radius 1 is 1.48 bits per heavy atom. The van der Waals surface area contributed by atoms with Crippen LogP contribution in [-0.4, -0.2) is 35.1 Å². The van der Waals surface area contributed by atoms with Crippen LogP contribution in [0.2, 0.25) is 0 Å². The van der Waals surface area contributed by atoms with Gasteiger partial charge in [-0.15, -0.1) is 22.0 Å². The van der Waals surface area contributed by atoms with Crippen LogP contribution in [0.4, 0.5) is 0 Å². The molecule has 112 valence electrons. The van der Waals surface area contributed by atoms with Gasteiger partial charge < -0.3 is 14.9 Å². The fraction of sp³-hybridized carbons (Fsp3) is 0.308. The summed E-state index contributed by atoms with van der Waals surface area (Å²) >= 11 is 4.87. The van der Waals surface area contributed by atoms with Crippen LogP contribution in [0, 0.1) is 0 Å². The summed E-state index contributed by atoms with van der Waals surface area (Å²) in [6, 6.07) is 6.96. The molecule has 0 aliphatic carbocycles. The van der Waals surface area contributed by atoms with E-state index in [-0.39, 0.29) is 0 Å². The van der Waals surface area contributed by atoms with E-state index < -0.39 is 12.0 Å². The first-order valence-corrected chi connectivity index (χ1v) is 8.05. The minimum atomic E-state index is -0.648. The molecule has 6 nitrogen and oxygen atoms in total. The molecule has 1 heterocycles. The summed E-state index contributed by atoms with van der Waals surface area (Å²) in [5.41, 5.74) is 6.48. The van der Waals surface area contributed by atoms with Crippen molar-refractivity contribution in [3.63, 3.8) is 0 Å². The zero-order chi connectivity index (χ0) is 15.2. The van der Waals surface area contributed by atoms with Crippen molar-refractivity contribution in [3.8, 4) is 11.5 Å². The number of carbonyl (C=O) groups is 1. The van der Waals surface area contributed by atoms with Crippen molar-refractivity contribution in [3.05, 3.63) is 34.6 Å². The van der Waals surface area contributed by atoms with Gasteiger partial charge in [0, 0.05) is 10.2 Å². The highest BCUT2D eigenvalue weighted by atomic mass is 79.9. The molecule has 1 unspecified atom stereocenters. The number of nitrogens with zero attached hydrogens (tertiary/aromatic N) is 2. The van der Waals surface area contributed by atoms with Crippen molar-refractivity contribution in [1.29, 1.82) is 0 Å². The van der Waals surface area contributed by atoms with Crippen molar-refractivity contribution in [2.24, 2.45) is 5.73 Å². The Kier molecular flexibility index (Phi) is 5.77. The molecule has 0 amide bonds. The van der Waals surface area contributed by atoms with Crippen LogP contribution >= 0.6 is 27.7 Å². The van der Waals surface area contributed by atoms with E-state index in [1.807, 2.05) is 24.3 Å². The first-order chi connectivity index (χ1) is 10.1. The van der Waals surface area contributed by atoms with E-state index in [2.05, 4.69) is 30.9 Å². The van der Waals surface area contributed by atoms with Gasteiger partial charge >= 0.3 is 5.97 Å². The summed E-state index contributed by atoms with van der Waals surface area (Å²) in [6.45, 7) is 0. The molecule has 0 saturated carbocycles. The number of esters is 1. The van der Waals surface area contributed by atoms with Gasteiger partial charge in [0.25, 0.3) is 0 Å². The SMILES string of the molecule is COC(=O)C(N)CSCc1nnc(-c2ccccc2Br)o1. The zero-order valence-electron chi connectivity index (χ0n) is 11.3. The Morgan fingerprint density at radius 3 is 2.95 bits per heavy atom. The Bertz CT molecular complexity index is 620. The van der Waals surface area contributed by atoms with E-state index in [1.54, 1.807) is 0 Å².